The van der Waals surface area contributed by atoms with Crippen LogP contribution in [-0.2, 0) is 9.53 Å². The largest absolute Gasteiger partial charge is 0.465 e. The summed E-state index contributed by atoms with van der Waals surface area (Å²) in [6.45, 7) is 2.42. The first-order chi connectivity index (χ1) is 11.6. The Morgan fingerprint density at radius 3 is 2.62 bits per heavy atom. The third kappa shape index (κ3) is 5.89. The number of esters is 1. The topological polar surface area (TPSA) is 38.7 Å². The molecule has 0 radical (unpaired) electrons. The number of rotatable bonds is 7. The molecule has 2 aromatic rings. The fraction of sp³-hybridized carbons (Fsp3) is 0.263. The van der Waals surface area contributed by atoms with E-state index in [1.54, 1.807) is 12.1 Å². The molecule has 0 aliphatic heterocycles. The molecule has 24 heavy (non-hydrogen) atoms. The van der Waals surface area contributed by atoms with Gasteiger partial charge >= 0.3 is 5.97 Å². The molecule has 0 saturated carbocycles. The van der Waals surface area contributed by atoms with E-state index in [0.717, 1.165) is 17.3 Å². The lowest BCUT2D eigenvalue weighted by Gasteiger charge is -2.08. The van der Waals surface area contributed by atoms with Gasteiger partial charge in [-0.15, -0.1) is 0 Å². The molecule has 0 aliphatic rings. The van der Waals surface area contributed by atoms with Crippen LogP contribution >= 0.6 is 15.9 Å². The minimum atomic E-state index is -0.365. The zero-order valence-electron chi connectivity index (χ0n) is 13.5. The molecule has 0 bridgehead atoms. The molecule has 0 fully saturated rings. The molecular weight excluding hydrogens is 373 g/mol. The number of hydrogen-bond donors (Lipinski definition) is 0. The molecule has 0 heterocycles. The molecule has 0 saturated heterocycles. The first kappa shape index (κ1) is 18.3. The molecule has 2 rings (SSSR count). The van der Waals surface area contributed by atoms with Crippen molar-refractivity contribution in [1.82, 2.24) is 0 Å². The molecule has 2 aromatic carbocycles. The van der Waals surface area contributed by atoms with Crippen LogP contribution in [-0.4, -0.2) is 18.3 Å². The second kappa shape index (κ2) is 9.33. The number of hydrogen-bond acceptors (Lipinski definition) is 3. The van der Waals surface area contributed by atoms with Crippen LogP contribution in [0, 0.1) is 5.82 Å². The van der Waals surface area contributed by atoms with Gasteiger partial charge in [-0.2, -0.15) is 0 Å². The Morgan fingerprint density at radius 2 is 1.96 bits per heavy atom. The van der Waals surface area contributed by atoms with Crippen LogP contribution in [0.15, 0.2) is 58.0 Å². The lowest BCUT2D eigenvalue weighted by Crippen LogP contribution is -2.13. The summed E-state index contributed by atoms with van der Waals surface area (Å²) >= 11 is 3.37. The summed E-state index contributed by atoms with van der Waals surface area (Å²) in [7, 11) is 0. The van der Waals surface area contributed by atoms with Crippen LogP contribution < -0.4 is 0 Å². The summed E-state index contributed by atoms with van der Waals surface area (Å²) in [5.74, 6) is -0.723. The molecule has 0 atom stereocenters. The predicted octanol–water partition coefficient (Wildman–Crippen LogP) is 5.44. The minimum Gasteiger partial charge on any atom is -0.465 e. The summed E-state index contributed by atoms with van der Waals surface area (Å²) in [5.41, 5.74) is 1.75. The molecule has 0 spiro atoms. The van der Waals surface area contributed by atoms with Crippen LogP contribution in [0.3, 0.4) is 0 Å². The average Bonchev–Trinajstić information content (AvgIpc) is 2.56. The molecule has 0 aromatic heterocycles. The summed E-state index contributed by atoms with van der Waals surface area (Å²) in [5, 5.41) is 0. The van der Waals surface area contributed by atoms with E-state index in [1.165, 1.54) is 12.1 Å². The zero-order valence-corrected chi connectivity index (χ0v) is 15.1. The molecule has 0 amide bonds. The van der Waals surface area contributed by atoms with Gasteiger partial charge in [0.25, 0.3) is 0 Å². The minimum absolute atomic E-state index is 0.00321. The van der Waals surface area contributed by atoms with Crippen molar-refractivity contribution in [2.75, 3.05) is 6.61 Å². The number of nitrogens with zero attached hydrogens (tertiary/aromatic N) is 1. The Balaban J connectivity index is 2.24. The van der Waals surface area contributed by atoms with Crippen molar-refractivity contribution in [1.29, 1.82) is 0 Å². The Labute approximate surface area is 149 Å². The van der Waals surface area contributed by atoms with E-state index in [1.807, 2.05) is 31.2 Å². The second-order valence-electron chi connectivity index (χ2n) is 5.30. The molecule has 0 unspecified atom stereocenters. The van der Waals surface area contributed by atoms with Crippen molar-refractivity contribution in [3.63, 3.8) is 0 Å². The van der Waals surface area contributed by atoms with E-state index in [0.29, 0.717) is 23.6 Å². The Kier molecular flexibility index (Phi) is 7.12. The highest BCUT2D eigenvalue weighted by Gasteiger charge is 2.12. The Hall–Kier alpha value is -2.01. The lowest BCUT2D eigenvalue weighted by atomic mass is 10.1. The van der Waals surface area contributed by atoms with E-state index in [-0.39, 0.29) is 18.2 Å². The summed E-state index contributed by atoms with van der Waals surface area (Å²) in [4.78, 5) is 16.5. The van der Waals surface area contributed by atoms with E-state index >= 15 is 0 Å². The van der Waals surface area contributed by atoms with Gasteiger partial charge in [0.15, 0.2) is 0 Å². The third-order valence-corrected chi connectivity index (χ3v) is 3.85. The van der Waals surface area contributed by atoms with Crippen LogP contribution in [0.25, 0.3) is 0 Å². The van der Waals surface area contributed by atoms with Crippen molar-refractivity contribution >= 4 is 33.3 Å². The van der Waals surface area contributed by atoms with E-state index in [2.05, 4.69) is 20.9 Å². The number of unbranched alkanes of at least 4 members (excludes halogenated alkanes) is 1. The maximum absolute atomic E-state index is 13.5. The van der Waals surface area contributed by atoms with Crippen LogP contribution in [0.4, 0.5) is 10.1 Å². The summed E-state index contributed by atoms with van der Waals surface area (Å²) in [6, 6.07) is 13.4. The van der Waals surface area contributed by atoms with Crippen LogP contribution in [0.2, 0.25) is 0 Å². The number of aliphatic imine (C=N–C) groups is 1. The second-order valence-corrected chi connectivity index (χ2v) is 6.21. The van der Waals surface area contributed by atoms with Gasteiger partial charge in [0, 0.05) is 4.47 Å². The normalized spacial score (nSPS) is 11.4. The number of ether oxygens (including phenoxy) is 1. The molecule has 0 aliphatic carbocycles. The van der Waals surface area contributed by atoms with Gasteiger partial charge < -0.3 is 4.74 Å². The van der Waals surface area contributed by atoms with Gasteiger partial charge in [0.05, 0.1) is 24.4 Å². The van der Waals surface area contributed by atoms with E-state index < -0.39 is 0 Å². The zero-order chi connectivity index (χ0) is 17.4. The maximum atomic E-state index is 13.5. The predicted molar refractivity (Wildman–Crippen MR) is 97.2 cm³/mol. The van der Waals surface area contributed by atoms with Crippen molar-refractivity contribution in [2.45, 2.75) is 26.2 Å². The number of carbonyl (C=O) groups is 1. The van der Waals surface area contributed by atoms with Crippen molar-refractivity contribution in [2.24, 2.45) is 4.99 Å². The monoisotopic (exact) mass is 391 g/mol. The highest BCUT2D eigenvalue weighted by molar-refractivity contribution is 9.10. The van der Waals surface area contributed by atoms with Crippen molar-refractivity contribution < 1.29 is 13.9 Å². The highest BCUT2D eigenvalue weighted by Crippen LogP contribution is 2.19. The summed E-state index contributed by atoms with van der Waals surface area (Å²) < 4.78 is 19.7. The lowest BCUT2D eigenvalue weighted by molar-refractivity contribution is -0.142. The number of benzene rings is 2. The van der Waals surface area contributed by atoms with Gasteiger partial charge in [-0.1, -0.05) is 41.4 Å². The average molecular weight is 392 g/mol. The van der Waals surface area contributed by atoms with Gasteiger partial charge in [0.1, 0.15) is 5.82 Å². The van der Waals surface area contributed by atoms with Gasteiger partial charge in [-0.3, -0.25) is 9.79 Å². The molecular formula is C19H19BrFNO2. The van der Waals surface area contributed by atoms with Crippen molar-refractivity contribution in [3.05, 3.63) is 64.4 Å². The molecule has 0 N–H and O–H groups in total. The van der Waals surface area contributed by atoms with Crippen molar-refractivity contribution in [3.8, 4) is 0 Å². The maximum Gasteiger partial charge on any atom is 0.311 e. The number of halogens is 2. The molecule has 3 nitrogen and oxygen atoms in total. The molecule has 126 valence electrons. The van der Waals surface area contributed by atoms with E-state index in [4.69, 9.17) is 4.74 Å². The van der Waals surface area contributed by atoms with Gasteiger partial charge in [-0.25, -0.2) is 4.39 Å². The van der Waals surface area contributed by atoms with Crippen LogP contribution in [0.5, 0.6) is 0 Å². The first-order valence-electron chi connectivity index (χ1n) is 7.83. The SMILES string of the molecule is CCCCOC(=O)CC(=Nc1ccc(Br)cc1)c1cccc(F)c1. The standard InChI is InChI=1S/C19H19BrFNO2/c1-2-3-11-24-19(23)13-18(14-5-4-6-16(21)12-14)22-17-9-7-15(20)8-10-17/h4-10,12H,2-3,11,13H2,1H3. The van der Waals surface area contributed by atoms with Gasteiger partial charge in [0.2, 0.25) is 0 Å². The summed E-state index contributed by atoms with van der Waals surface area (Å²) in [6.07, 6.45) is 1.78. The smallest absolute Gasteiger partial charge is 0.311 e. The fourth-order valence-electron chi connectivity index (χ4n) is 2.06. The third-order valence-electron chi connectivity index (χ3n) is 3.32. The molecule has 5 heteroatoms. The highest BCUT2D eigenvalue weighted by atomic mass is 79.9. The van der Waals surface area contributed by atoms with Gasteiger partial charge in [-0.05, 0) is 48.4 Å². The Morgan fingerprint density at radius 1 is 1.21 bits per heavy atom. The van der Waals surface area contributed by atoms with E-state index in [9.17, 15) is 9.18 Å². The number of carbonyl (C=O) groups excluding carboxylic acids is 1. The quantitative estimate of drug-likeness (QED) is 0.357. The first-order valence-corrected chi connectivity index (χ1v) is 8.62. The Bertz CT molecular complexity index is 714. The fourth-order valence-corrected chi connectivity index (χ4v) is 2.33. The van der Waals surface area contributed by atoms with Crippen LogP contribution in [0.1, 0.15) is 31.7 Å².